The summed E-state index contributed by atoms with van der Waals surface area (Å²) < 4.78 is 0. The first kappa shape index (κ1) is 12.7. The largest absolute Gasteiger partial charge is 0.271 e. The second-order valence-corrected chi connectivity index (χ2v) is 3.83. The standard InChI is InChI=1S/C13H12N4O2/c1-16(15-14-11-6-3-2-4-7-11)12-8-5-9-13(10-12)17(18)19/h2-10H,1H3. The van der Waals surface area contributed by atoms with Gasteiger partial charge < -0.3 is 0 Å². The van der Waals surface area contributed by atoms with E-state index in [2.05, 4.69) is 10.3 Å². The molecule has 0 unspecified atom stereocenters. The molecule has 0 heterocycles. The van der Waals surface area contributed by atoms with Gasteiger partial charge in [0, 0.05) is 19.2 Å². The molecule has 0 saturated carbocycles. The number of hydrogen-bond donors (Lipinski definition) is 0. The van der Waals surface area contributed by atoms with Gasteiger partial charge in [-0.15, -0.1) is 5.11 Å². The van der Waals surface area contributed by atoms with Crippen molar-refractivity contribution in [2.24, 2.45) is 10.3 Å². The van der Waals surface area contributed by atoms with Crippen LogP contribution in [0.15, 0.2) is 64.9 Å². The van der Waals surface area contributed by atoms with E-state index in [1.54, 1.807) is 19.2 Å². The maximum Gasteiger partial charge on any atom is 0.271 e. The van der Waals surface area contributed by atoms with Crippen LogP contribution in [-0.2, 0) is 0 Å². The summed E-state index contributed by atoms with van der Waals surface area (Å²) in [6, 6.07) is 15.5. The lowest BCUT2D eigenvalue weighted by atomic mass is 10.3. The van der Waals surface area contributed by atoms with E-state index in [0.717, 1.165) is 5.69 Å². The zero-order chi connectivity index (χ0) is 13.7. The van der Waals surface area contributed by atoms with Gasteiger partial charge in [0.05, 0.1) is 16.3 Å². The van der Waals surface area contributed by atoms with Crippen LogP contribution in [0.2, 0.25) is 0 Å². The quantitative estimate of drug-likeness (QED) is 0.475. The Hall–Kier alpha value is -2.76. The topological polar surface area (TPSA) is 71.1 Å². The monoisotopic (exact) mass is 256 g/mol. The van der Waals surface area contributed by atoms with E-state index >= 15 is 0 Å². The summed E-state index contributed by atoms with van der Waals surface area (Å²) in [5, 5.41) is 20.2. The van der Waals surface area contributed by atoms with Crippen molar-refractivity contribution in [3.63, 3.8) is 0 Å². The van der Waals surface area contributed by atoms with Gasteiger partial charge in [0.2, 0.25) is 0 Å². The predicted octanol–water partition coefficient (Wildman–Crippen LogP) is 3.73. The SMILES string of the molecule is CN(N=Nc1ccccc1)c1cccc([N+](=O)[O-])c1. The van der Waals surface area contributed by atoms with E-state index in [4.69, 9.17) is 0 Å². The zero-order valence-electron chi connectivity index (χ0n) is 10.3. The third-order valence-corrected chi connectivity index (χ3v) is 2.46. The highest BCUT2D eigenvalue weighted by molar-refractivity contribution is 5.52. The van der Waals surface area contributed by atoms with Crippen LogP contribution >= 0.6 is 0 Å². The van der Waals surface area contributed by atoms with Crippen molar-refractivity contribution in [2.45, 2.75) is 0 Å². The molecule has 19 heavy (non-hydrogen) atoms. The van der Waals surface area contributed by atoms with Crippen LogP contribution in [0.3, 0.4) is 0 Å². The molecule has 0 saturated heterocycles. The number of non-ortho nitro benzene ring substituents is 1. The number of nitro groups is 1. The molecule has 0 N–H and O–H groups in total. The molecule has 0 amide bonds. The Bertz CT molecular complexity index is 599. The highest BCUT2D eigenvalue weighted by Crippen LogP contribution is 2.21. The van der Waals surface area contributed by atoms with Gasteiger partial charge in [0.25, 0.3) is 5.69 Å². The minimum absolute atomic E-state index is 0.0271. The predicted molar refractivity (Wildman–Crippen MR) is 72.5 cm³/mol. The van der Waals surface area contributed by atoms with Crippen LogP contribution in [0.5, 0.6) is 0 Å². The van der Waals surface area contributed by atoms with Crippen molar-refractivity contribution >= 4 is 17.1 Å². The van der Waals surface area contributed by atoms with Crippen molar-refractivity contribution in [3.8, 4) is 0 Å². The number of rotatable bonds is 4. The summed E-state index contributed by atoms with van der Waals surface area (Å²) in [5.41, 5.74) is 1.35. The molecule has 0 aliphatic rings. The van der Waals surface area contributed by atoms with E-state index in [1.165, 1.54) is 17.1 Å². The third-order valence-electron chi connectivity index (χ3n) is 2.46. The van der Waals surface area contributed by atoms with Gasteiger partial charge >= 0.3 is 0 Å². The Morgan fingerprint density at radius 2 is 1.84 bits per heavy atom. The second kappa shape index (κ2) is 5.72. The average molecular weight is 256 g/mol. The Kier molecular flexibility index (Phi) is 3.82. The minimum Gasteiger partial charge on any atom is -0.258 e. The van der Waals surface area contributed by atoms with Crippen LogP contribution in [0.4, 0.5) is 17.1 Å². The third kappa shape index (κ3) is 3.35. The van der Waals surface area contributed by atoms with Crippen molar-refractivity contribution in [3.05, 3.63) is 64.7 Å². The number of hydrogen-bond acceptors (Lipinski definition) is 4. The molecule has 0 aliphatic carbocycles. The lowest BCUT2D eigenvalue weighted by Gasteiger charge is -2.10. The molecule has 0 fully saturated rings. The van der Waals surface area contributed by atoms with Gasteiger partial charge in [0.15, 0.2) is 0 Å². The average Bonchev–Trinajstić information content (AvgIpc) is 2.46. The summed E-state index contributed by atoms with van der Waals surface area (Å²) in [6.45, 7) is 0. The van der Waals surface area contributed by atoms with Crippen molar-refractivity contribution in [1.82, 2.24) is 0 Å². The normalized spacial score (nSPS) is 10.6. The van der Waals surface area contributed by atoms with E-state index in [-0.39, 0.29) is 5.69 Å². The Labute approximate surface area is 110 Å². The van der Waals surface area contributed by atoms with E-state index in [9.17, 15) is 10.1 Å². The van der Waals surface area contributed by atoms with Crippen LogP contribution in [0.25, 0.3) is 0 Å². The van der Waals surface area contributed by atoms with Gasteiger partial charge in [-0.3, -0.25) is 10.1 Å². The summed E-state index contributed by atoms with van der Waals surface area (Å²) >= 11 is 0. The molecule has 96 valence electrons. The van der Waals surface area contributed by atoms with Gasteiger partial charge in [-0.05, 0) is 18.2 Å². The van der Waals surface area contributed by atoms with Crippen molar-refractivity contribution in [1.29, 1.82) is 0 Å². The van der Waals surface area contributed by atoms with Crippen molar-refractivity contribution in [2.75, 3.05) is 12.1 Å². The Morgan fingerprint density at radius 3 is 2.53 bits per heavy atom. The first-order chi connectivity index (χ1) is 9.16. The fraction of sp³-hybridized carbons (Fsp3) is 0.0769. The number of nitro benzene ring substituents is 1. The van der Waals surface area contributed by atoms with Gasteiger partial charge in [0.1, 0.15) is 0 Å². The maximum absolute atomic E-state index is 10.7. The summed E-state index contributed by atoms with van der Waals surface area (Å²) in [5.74, 6) is 0. The number of benzene rings is 2. The maximum atomic E-state index is 10.7. The molecule has 0 atom stereocenters. The molecule has 2 aromatic rings. The number of nitrogens with zero attached hydrogens (tertiary/aromatic N) is 4. The molecule has 2 aromatic carbocycles. The summed E-state index contributed by atoms with van der Waals surface area (Å²) in [4.78, 5) is 10.2. The van der Waals surface area contributed by atoms with Crippen LogP contribution in [0, 0.1) is 10.1 Å². The van der Waals surface area contributed by atoms with Gasteiger partial charge in [-0.2, -0.15) is 0 Å². The molecule has 6 nitrogen and oxygen atoms in total. The zero-order valence-corrected chi connectivity index (χ0v) is 10.3. The Balaban J connectivity index is 2.16. The smallest absolute Gasteiger partial charge is 0.258 e. The lowest BCUT2D eigenvalue weighted by Crippen LogP contribution is -2.07. The highest BCUT2D eigenvalue weighted by atomic mass is 16.6. The molecule has 0 aromatic heterocycles. The molecule has 0 spiro atoms. The molecule has 2 rings (SSSR count). The van der Waals surface area contributed by atoms with Crippen molar-refractivity contribution < 1.29 is 4.92 Å². The first-order valence-electron chi connectivity index (χ1n) is 5.62. The van der Waals surface area contributed by atoms with Gasteiger partial charge in [-0.25, -0.2) is 5.01 Å². The summed E-state index contributed by atoms with van der Waals surface area (Å²) in [7, 11) is 1.69. The molecule has 6 heteroatoms. The molecule has 0 bridgehead atoms. The first-order valence-corrected chi connectivity index (χ1v) is 5.62. The summed E-state index contributed by atoms with van der Waals surface area (Å²) in [6.07, 6.45) is 0. The fourth-order valence-electron chi connectivity index (χ4n) is 1.47. The molecular weight excluding hydrogens is 244 g/mol. The van der Waals surface area contributed by atoms with Crippen LogP contribution < -0.4 is 5.01 Å². The van der Waals surface area contributed by atoms with E-state index < -0.39 is 4.92 Å². The van der Waals surface area contributed by atoms with Crippen LogP contribution in [-0.4, -0.2) is 12.0 Å². The second-order valence-electron chi connectivity index (χ2n) is 3.83. The van der Waals surface area contributed by atoms with Gasteiger partial charge in [-0.1, -0.05) is 29.5 Å². The van der Waals surface area contributed by atoms with E-state index in [0.29, 0.717) is 5.69 Å². The highest BCUT2D eigenvalue weighted by Gasteiger charge is 2.07. The molecule has 0 radical (unpaired) electrons. The minimum atomic E-state index is -0.439. The molecule has 0 aliphatic heterocycles. The molecular formula is C13H12N4O2. The Morgan fingerprint density at radius 1 is 1.11 bits per heavy atom. The lowest BCUT2D eigenvalue weighted by molar-refractivity contribution is -0.384. The fourth-order valence-corrected chi connectivity index (χ4v) is 1.47. The number of anilines is 1. The van der Waals surface area contributed by atoms with E-state index in [1.807, 2.05) is 30.3 Å². The van der Waals surface area contributed by atoms with Crippen LogP contribution in [0.1, 0.15) is 0 Å².